The highest BCUT2D eigenvalue weighted by atomic mass is 32.2. The van der Waals surface area contributed by atoms with E-state index in [4.69, 9.17) is 4.74 Å². The molecule has 2 aliphatic heterocycles. The molecule has 0 N–H and O–H groups in total. The van der Waals surface area contributed by atoms with Gasteiger partial charge < -0.3 is 9.64 Å². The average molecular weight is 393 g/mol. The van der Waals surface area contributed by atoms with Gasteiger partial charge in [0.1, 0.15) is 5.75 Å². The quantitative estimate of drug-likeness (QED) is 0.786. The number of hydrogen-bond acceptors (Lipinski definition) is 5. The third-order valence-electron chi connectivity index (χ3n) is 6.11. The highest BCUT2D eigenvalue weighted by Crippen LogP contribution is 2.36. The van der Waals surface area contributed by atoms with Crippen molar-refractivity contribution in [1.29, 1.82) is 0 Å². The van der Waals surface area contributed by atoms with E-state index in [1.54, 1.807) is 4.90 Å². The molecule has 1 saturated carbocycles. The number of sulfone groups is 1. The van der Waals surface area contributed by atoms with Gasteiger partial charge in [0.05, 0.1) is 30.7 Å². The fourth-order valence-electron chi connectivity index (χ4n) is 4.93. The van der Waals surface area contributed by atoms with E-state index >= 15 is 0 Å². The summed E-state index contributed by atoms with van der Waals surface area (Å²) in [5.74, 6) is 0.975. The Bertz CT molecular complexity index is 787. The molecule has 4 rings (SSSR count). The smallest absolute Gasteiger partial charge is 0.241 e. The molecule has 0 aromatic heterocycles. The van der Waals surface area contributed by atoms with Crippen molar-refractivity contribution in [3.05, 3.63) is 24.3 Å². The van der Waals surface area contributed by atoms with Gasteiger partial charge >= 0.3 is 0 Å². The lowest BCUT2D eigenvalue weighted by atomic mass is 9.91. The maximum absolute atomic E-state index is 13.1. The van der Waals surface area contributed by atoms with E-state index in [0.29, 0.717) is 19.2 Å². The van der Waals surface area contributed by atoms with E-state index in [1.165, 1.54) is 19.3 Å². The zero-order valence-electron chi connectivity index (χ0n) is 15.8. The molecule has 1 aromatic rings. The lowest BCUT2D eigenvalue weighted by molar-refractivity contribution is -0.124. The normalized spacial score (nSPS) is 28.9. The summed E-state index contributed by atoms with van der Waals surface area (Å²) in [6, 6.07) is 7.36. The molecule has 0 spiro atoms. The number of anilines is 1. The van der Waals surface area contributed by atoms with Gasteiger partial charge in [0.2, 0.25) is 5.91 Å². The number of fused-ring (bicyclic) bond motifs is 1. The van der Waals surface area contributed by atoms with Crippen molar-refractivity contribution in [3.8, 4) is 5.75 Å². The van der Waals surface area contributed by atoms with Crippen LogP contribution in [0, 0.1) is 0 Å². The first-order chi connectivity index (χ1) is 13.0. The molecule has 1 aromatic carbocycles. The van der Waals surface area contributed by atoms with Crippen molar-refractivity contribution in [3.63, 3.8) is 0 Å². The van der Waals surface area contributed by atoms with Gasteiger partial charge in [-0.1, -0.05) is 19.3 Å². The molecule has 2 unspecified atom stereocenters. The molecule has 0 bridgehead atoms. The second kappa shape index (κ2) is 7.43. The fourth-order valence-corrected chi connectivity index (χ4v) is 6.89. The minimum Gasteiger partial charge on any atom is -0.494 e. The maximum atomic E-state index is 13.1. The minimum absolute atomic E-state index is 0.00285. The summed E-state index contributed by atoms with van der Waals surface area (Å²) in [5, 5.41) is 0. The Labute approximate surface area is 161 Å². The highest BCUT2D eigenvalue weighted by Gasteiger charge is 2.51. The van der Waals surface area contributed by atoms with Gasteiger partial charge in [-0.2, -0.15) is 0 Å². The molecule has 148 valence electrons. The Balaban J connectivity index is 1.63. The predicted molar refractivity (Wildman–Crippen MR) is 105 cm³/mol. The van der Waals surface area contributed by atoms with Crippen LogP contribution < -0.4 is 9.64 Å². The first-order valence-corrected chi connectivity index (χ1v) is 11.8. The summed E-state index contributed by atoms with van der Waals surface area (Å²) in [7, 11) is -3.14. The Morgan fingerprint density at radius 2 is 1.70 bits per heavy atom. The minimum atomic E-state index is -3.14. The molecular weight excluding hydrogens is 364 g/mol. The molecule has 2 heterocycles. The zero-order valence-corrected chi connectivity index (χ0v) is 16.7. The molecule has 2 atom stereocenters. The summed E-state index contributed by atoms with van der Waals surface area (Å²) in [5.41, 5.74) is 0.763. The number of benzene rings is 1. The summed E-state index contributed by atoms with van der Waals surface area (Å²) < 4.78 is 30.4. The molecule has 6 nitrogen and oxygen atoms in total. The number of carbonyl (C=O) groups is 1. The summed E-state index contributed by atoms with van der Waals surface area (Å²) >= 11 is 0. The zero-order chi connectivity index (χ0) is 19.0. The lowest BCUT2D eigenvalue weighted by Gasteiger charge is -2.47. The van der Waals surface area contributed by atoms with Crippen molar-refractivity contribution in [2.45, 2.75) is 57.2 Å². The number of ether oxygens (including phenoxy) is 1. The van der Waals surface area contributed by atoms with Crippen molar-refractivity contribution >= 4 is 21.4 Å². The van der Waals surface area contributed by atoms with Gasteiger partial charge in [-0.05, 0) is 44.0 Å². The third kappa shape index (κ3) is 3.72. The Morgan fingerprint density at radius 1 is 1.04 bits per heavy atom. The van der Waals surface area contributed by atoms with Crippen LogP contribution in [0.5, 0.6) is 5.75 Å². The van der Waals surface area contributed by atoms with Crippen LogP contribution in [0.3, 0.4) is 0 Å². The average Bonchev–Trinajstić information content (AvgIpc) is 2.98. The molecular formula is C20H28N2O4S. The van der Waals surface area contributed by atoms with E-state index in [0.717, 1.165) is 24.3 Å². The monoisotopic (exact) mass is 392 g/mol. The standard InChI is InChI=1S/C20H28N2O4S/c1-2-26-17-10-8-16(9-11-17)22-19-14-27(24,25)13-18(19)21(12-20(22)23)15-6-4-3-5-7-15/h8-11,15,18-19H,2-7,12-14H2,1H3. The molecule has 3 aliphatic rings. The molecule has 27 heavy (non-hydrogen) atoms. The summed E-state index contributed by atoms with van der Waals surface area (Å²) in [6.07, 6.45) is 5.71. The van der Waals surface area contributed by atoms with Crippen LogP contribution in [0.2, 0.25) is 0 Å². The number of piperazine rings is 1. The van der Waals surface area contributed by atoms with Crippen molar-refractivity contribution < 1.29 is 17.9 Å². The van der Waals surface area contributed by atoms with Gasteiger partial charge in [-0.25, -0.2) is 8.42 Å². The molecule has 3 fully saturated rings. The largest absolute Gasteiger partial charge is 0.494 e. The number of rotatable bonds is 4. The molecule has 1 aliphatic carbocycles. The van der Waals surface area contributed by atoms with Gasteiger partial charge in [0, 0.05) is 17.8 Å². The van der Waals surface area contributed by atoms with Crippen LogP contribution in [0.15, 0.2) is 24.3 Å². The third-order valence-corrected chi connectivity index (χ3v) is 7.81. The van der Waals surface area contributed by atoms with Gasteiger partial charge in [0.25, 0.3) is 0 Å². The number of amides is 1. The lowest BCUT2D eigenvalue weighted by Crippen LogP contribution is -2.64. The number of hydrogen-bond donors (Lipinski definition) is 0. The summed E-state index contributed by atoms with van der Waals surface area (Å²) in [4.78, 5) is 17.0. The van der Waals surface area contributed by atoms with Crippen LogP contribution in [0.4, 0.5) is 5.69 Å². The van der Waals surface area contributed by atoms with Crippen LogP contribution in [-0.4, -0.2) is 62.0 Å². The van der Waals surface area contributed by atoms with Gasteiger partial charge in [-0.3, -0.25) is 9.69 Å². The first kappa shape index (κ1) is 18.7. The van der Waals surface area contributed by atoms with Crippen molar-refractivity contribution in [1.82, 2.24) is 4.90 Å². The Hall–Kier alpha value is -1.60. The van der Waals surface area contributed by atoms with E-state index < -0.39 is 9.84 Å². The molecule has 7 heteroatoms. The Morgan fingerprint density at radius 3 is 2.37 bits per heavy atom. The second-order valence-corrected chi connectivity index (χ2v) is 10.0. The molecule has 1 amide bonds. The van der Waals surface area contributed by atoms with Crippen LogP contribution in [0.25, 0.3) is 0 Å². The van der Waals surface area contributed by atoms with Crippen LogP contribution in [-0.2, 0) is 14.6 Å². The fraction of sp³-hybridized carbons (Fsp3) is 0.650. The second-order valence-electron chi connectivity index (χ2n) is 7.87. The SMILES string of the molecule is CCOc1ccc(N2C(=O)CN(C3CCCCC3)C3CS(=O)(=O)CC32)cc1. The Kier molecular flexibility index (Phi) is 5.16. The molecule has 0 radical (unpaired) electrons. The first-order valence-electron chi connectivity index (χ1n) is 9.99. The van der Waals surface area contributed by atoms with Gasteiger partial charge in [0.15, 0.2) is 9.84 Å². The maximum Gasteiger partial charge on any atom is 0.241 e. The van der Waals surface area contributed by atoms with Gasteiger partial charge in [-0.15, -0.1) is 0 Å². The topological polar surface area (TPSA) is 66.9 Å². The van der Waals surface area contributed by atoms with E-state index in [2.05, 4.69) is 4.90 Å². The van der Waals surface area contributed by atoms with E-state index in [1.807, 2.05) is 31.2 Å². The predicted octanol–water partition coefficient (Wildman–Crippen LogP) is 2.23. The summed E-state index contributed by atoms with van der Waals surface area (Å²) in [6.45, 7) is 2.83. The number of carbonyl (C=O) groups excluding carboxylic acids is 1. The highest BCUT2D eigenvalue weighted by molar-refractivity contribution is 7.91. The van der Waals surface area contributed by atoms with Crippen LogP contribution in [0.1, 0.15) is 39.0 Å². The molecule has 2 saturated heterocycles. The van der Waals surface area contributed by atoms with Crippen molar-refractivity contribution in [2.75, 3.05) is 29.6 Å². The van der Waals surface area contributed by atoms with Crippen molar-refractivity contribution in [2.24, 2.45) is 0 Å². The van der Waals surface area contributed by atoms with E-state index in [9.17, 15) is 13.2 Å². The van der Waals surface area contributed by atoms with E-state index in [-0.39, 0.29) is 29.5 Å². The van der Waals surface area contributed by atoms with Crippen LogP contribution >= 0.6 is 0 Å². The number of nitrogens with zero attached hydrogens (tertiary/aromatic N) is 2.